The maximum Gasteiger partial charge on any atom is 0.226 e. The minimum absolute atomic E-state index is 0.390. The van der Waals surface area contributed by atoms with Gasteiger partial charge in [-0.1, -0.05) is 6.42 Å². The zero-order chi connectivity index (χ0) is 18.8. The van der Waals surface area contributed by atoms with Gasteiger partial charge in [0.15, 0.2) is 0 Å². The van der Waals surface area contributed by atoms with Crippen molar-refractivity contribution in [2.24, 2.45) is 0 Å². The Morgan fingerprint density at radius 1 is 1.30 bits per heavy atom. The fraction of sp³-hybridized carbons (Fsp3) is 0.429. The van der Waals surface area contributed by atoms with Crippen molar-refractivity contribution >= 4 is 11.3 Å². The number of methoxy groups -OCH3 is 1. The van der Waals surface area contributed by atoms with Gasteiger partial charge >= 0.3 is 0 Å². The first-order valence-corrected chi connectivity index (χ1v) is 10.3. The lowest BCUT2D eigenvalue weighted by atomic mass is 10.0. The SMILES string of the molecule is COc1ccc(-c2nc(CN3CCCC[C@@H]3c3nccs3)c(C)o2)cc1C. The Kier molecular flexibility index (Phi) is 5.27. The van der Waals surface area contributed by atoms with Crippen molar-refractivity contribution in [3.05, 3.63) is 51.8 Å². The number of hydrogen-bond acceptors (Lipinski definition) is 6. The topological polar surface area (TPSA) is 51.4 Å². The summed E-state index contributed by atoms with van der Waals surface area (Å²) in [4.78, 5) is 11.9. The minimum atomic E-state index is 0.390. The van der Waals surface area contributed by atoms with Crippen molar-refractivity contribution in [3.63, 3.8) is 0 Å². The van der Waals surface area contributed by atoms with Gasteiger partial charge < -0.3 is 9.15 Å². The number of hydrogen-bond donors (Lipinski definition) is 0. The number of likely N-dealkylation sites (tertiary alicyclic amines) is 1. The Morgan fingerprint density at radius 2 is 2.19 bits per heavy atom. The molecule has 3 aromatic rings. The van der Waals surface area contributed by atoms with E-state index in [0.29, 0.717) is 11.9 Å². The van der Waals surface area contributed by atoms with Crippen LogP contribution in [-0.2, 0) is 6.54 Å². The lowest BCUT2D eigenvalue weighted by molar-refractivity contribution is 0.138. The highest BCUT2D eigenvalue weighted by molar-refractivity contribution is 7.09. The molecule has 1 aromatic carbocycles. The molecule has 27 heavy (non-hydrogen) atoms. The van der Waals surface area contributed by atoms with Crippen LogP contribution in [0.4, 0.5) is 0 Å². The smallest absolute Gasteiger partial charge is 0.226 e. The molecule has 1 saturated heterocycles. The van der Waals surface area contributed by atoms with E-state index in [1.807, 2.05) is 32.2 Å². The predicted octanol–water partition coefficient (Wildman–Crippen LogP) is 5.15. The van der Waals surface area contributed by atoms with Gasteiger partial charge in [0.2, 0.25) is 5.89 Å². The Morgan fingerprint density at radius 3 is 2.93 bits per heavy atom. The van der Waals surface area contributed by atoms with Crippen LogP contribution in [0.3, 0.4) is 0 Å². The molecule has 0 bridgehead atoms. The fourth-order valence-electron chi connectivity index (χ4n) is 3.76. The van der Waals surface area contributed by atoms with Gasteiger partial charge in [0, 0.05) is 23.7 Å². The standard InChI is InChI=1S/C21H25N3O2S/c1-14-12-16(7-8-19(14)25-3)20-23-17(15(2)26-20)13-24-10-5-4-6-18(24)21-22-9-11-27-21/h7-9,11-12,18H,4-6,10,13H2,1-3H3/t18-/m1/s1. The van der Waals surface area contributed by atoms with E-state index in [9.17, 15) is 0 Å². The van der Waals surface area contributed by atoms with Crippen LogP contribution in [0.2, 0.25) is 0 Å². The number of ether oxygens (including phenoxy) is 1. The van der Waals surface area contributed by atoms with Crippen molar-refractivity contribution in [1.82, 2.24) is 14.9 Å². The second-order valence-corrected chi connectivity index (χ2v) is 7.98. The van der Waals surface area contributed by atoms with Crippen LogP contribution in [0.5, 0.6) is 5.75 Å². The lowest BCUT2D eigenvalue weighted by Gasteiger charge is -2.33. The molecule has 3 heterocycles. The zero-order valence-corrected chi connectivity index (χ0v) is 16.9. The van der Waals surface area contributed by atoms with Crippen LogP contribution in [0.25, 0.3) is 11.5 Å². The molecule has 1 aliphatic rings. The molecule has 6 heteroatoms. The lowest BCUT2D eigenvalue weighted by Crippen LogP contribution is -2.33. The van der Waals surface area contributed by atoms with E-state index in [2.05, 4.69) is 21.3 Å². The van der Waals surface area contributed by atoms with Crippen LogP contribution in [0, 0.1) is 13.8 Å². The molecular weight excluding hydrogens is 358 g/mol. The maximum atomic E-state index is 6.01. The number of thiazole rings is 1. The van der Waals surface area contributed by atoms with Crippen molar-refractivity contribution in [2.45, 2.75) is 45.7 Å². The third kappa shape index (κ3) is 3.77. The Labute approximate surface area is 164 Å². The average Bonchev–Trinajstić information content (AvgIpc) is 3.33. The van der Waals surface area contributed by atoms with Crippen LogP contribution >= 0.6 is 11.3 Å². The first kappa shape index (κ1) is 18.2. The Hall–Kier alpha value is -2.18. The van der Waals surface area contributed by atoms with E-state index < -0.39 is 0 Å². The average molecular weight is 384 g/mol. The summed E-state index contributed by atoms with van der Waals surface area (Å²) in [6.07, 6.45) is 5.55. The minimum Gasteiger partial charge on any atom is -0.496 e. The number of nitrogens with zero attached hydrogens (tertiary/aromatic N) is 3. The number of aryl methyl sites for hydroxylation is 2. The van der Waals surface area contributed by atoms with Crippen molar-refractivity contribution in [1.29, 1.82) is 0 Å². The molecule has 0 spiro atoms. The number of oxazole rings is 1. The highest BCUT2D eigenvalue weighted by Gasteiger charge is 2.27. The molecule has 1 fully saturated rings. The van der Waals surface area contributed by atoms with Crippen LogP contribution in [0.15, 0.2) is 34.2 Å². The number of piperidine rings is 1. The normalized spacial score (nSPS) is 18.0. The van der Waals surface area contributed by atoms with E-state index in [0.717, 1.165) is 47.8 Å². The third-order valence-electron chi connectivity index (χ3n) is 5.24. The van der Waals surface area contributed by atoms with Crippen LogP contribution < -0.4 is 4.74 Å². The fourth-order valence-corrected chi connectivity index (χ4v) is 4.57. The van der Waals surface area contributed by atoms with E-state index in [4.69, 9.17) is 14.1 Å². The van der Waals surface area contributed by atoms with Gasteiger partial charge in [-0.3, -0.25) is 4.90 Å². The van der Waals surface area contributed by atoms with Gasteiger partial charge in [0.25, 0.3) is 0 Å². The number of rotatable bonds is 5. The number of aromatic nitrogens is 2. The highest BCUT2D eigenvalue weighted by atomic mass is 32.1. The molecule has 5 nitrogen and oxygen atoms in total. The molecule has 1 aliphatic heterocycles. The van der Waals surface area contributed by atoms with Crippen LogP contribution in [0.1, 0.15) is 47.3 Å². The van der Waals surface area contributed by atoms with E-state index in [1.54, 1.807) is 18.4 Å². The largest absolute Gasteiger partial charge is 0.496 e. The first-order chi connectivity index (χ1) is 13.2. The second-order valence-electron chi connectivity index (χ2n) is 7.06. The summed E-state index contributed by atoms with van der Waals surface area (Å²) in [6.45, 7) is 5.91. The molecule has 0 aliphatic carbocycles. The van der Waals surface area contributed by atoms with Gasteiger partial charge in [-0.15, -0.1) is 11.3 Å². The monoisotopic (exact) mass is 383 g/mol. The first-order valence-electron chi connectivity index (χ1n) is 9.40. The highest BCUT2D eigenvalue weighted by Crippen LogP contribution is 2.34. The Balaban J connectivity index is 1.57. The molecule has 142 valence electrons. The Bertz CT molecular complexity index is 904. The van der Waals surface area contributed by atoms with E-state index in [1.165, 1.54) is 17.8 Å². The van der Waals surface area contributed by atoms with Crippen molar-refractivity contribution < 1.29 is 9.15 Å². The number of benzene rings is 1. The van der Waals surface area contributed by atoms with Gasteiger partial charge in [0.1, 0.15) is 16.5 Å². The van der Waals surface area contributed by atoms with Gasteiger partial charge in [-0.05, 0) is 57.0 Å². The molecule has 2 aromatic heterocycles. The molecule has 0 unspecified atom stereocenters. The van der Waals surface area contributed by atoms with Gasteiger partial charge in [-0.2, -0.15) is 0 Å². The maximum absolute atomic E-state index is 6.01. The zero-order valence-electron chi connectivity index (χ0n) is 16.1. The van der Waals surface area contributed by atoms with E-state index >= 15 is 0 Å². The molecule has 0 radical (unpaired) electrons. The summed E-state index contributed by atoms with van der Waals surface area (Å²) in [5.74, 6) is 2.44. The van der Waals surface area contributed by atoms with Crippen LogP contribution in [-0.4, -0.2) is 28.5 Å². The quantitative estimate of drug-likeness (QED) is 0.610. The van der Waals surface area contributed by atoms with Crippen molar-refractivity contribution in [2.75, 3.05) is 13.7 Å². The summed E-state index contributed by atoms with van der Waals surface area (Å²) in [5, 5.41) is 3.27. The molecule has 4 rings (SSSR count). The molecular formula is C21H25N3O2S. The molecule has 0 amide bonds. The second kappa shape index (κ2) is 7.82. The van der Waals surface area contributed by atoms with Gasteiger partial charge in [-0.25, -0.2) is 9.97 Å². The summed E-state index contributed by atoms with van der Waals surface area (Å²) in [7, 11) is 1.69. The van der Waals surface area contributed by atoms with Crippen molar-refractivity contribution in [3.8, 4) is 17.2 Å². The summed E-state index contributed by atoms with van der Waals surface area (Å²) in [6, 6.07) is 6.42. The predicted molar refractivity (Wildman–Crippen MR) is 107 cm³/mol. The third-order valence-corrected chi connectivity index (χ3v) is 6.11. The molecule has 1 atom stereocenters. The molecule has 0 N–H and O–H groups in total. The molecule has 0 saturated carbocycles. The van der Waals surface area contributed by atoms with E-state index in [-0.39, 0.29) is 0 Å². The van der Waals surface area contributed by atoms with Gasteiger partial charge in [0.05, 0.1) is 18.8 Å². The summed E-state index contributed by atoms with van der Waals surface area (Å²) in [5.41, 5.74) is 3.08. The summed E-state index contributed by atoms with van der Waals surface area (Å²) < 4.78 is 11.4. The summed E-state index contributed by atoms with van der Waals surface area (Å²) >= 11 is 1.75.